The Balaban J connectivity index is 1.53. The molecule has 0 bridgehead atoms. The highest BCUT2D eigenvalue weighted by atomic mass is 16.3. The van der Waals surface area contributed by atoms with E-state index >= 15 is 0 Å². The van der Waals surface area contributed by atoms with Gasteiger partial charge in [0.25, 0.3) is 5.91 Å². The van der Waals surface area contributed by atoms with Gasteiger partial charge in [0, 0.05) is 5.69 Å². The molecule has 1 aliphatic rings. The van der Waals surface area contributed by atoms with Crippen molar-refractivity contribution in [3.05, 3.63) is 77.9 Å². The number of benzene rings is 3. The molecule has 0 unspecified atom stereocenters. The first kappa shape index (κ1) is 19.6. The lowest BCUT2D eigenvalue weighted by atomic mass is 9.90. The Morgan fingerprint density at radius 1 is 1.03 bits per heavy atom. The summed E-state index contributed by atoms with van der Waals surface area (Å²) in [7, 11) is 0. The minimum Gasteiger partial charge on any atom is -0.392 e. The Bertz CT molecular complexity index is 1160. The fourth-order valence-electron chi connectivity index (χ4n) is 3.63. The van der Waals surface area contributed by atoms with Crippen LogP contribution >= 0.6 is 0 Å². The molecular formula is C23H21N3O4. The Morgan fingerprint density at radius 3 is 2.57 bits per heavy atom. The van der Waals surface area contributed by atoms with Crippen LogP contribution in [0.5, 0.6) is 0 Å². The van der Waals surface area contributed by atoms with Gasteiger partial charge in [-0.05, 0) is 47.0 Å². The number of nitrogens with one attached hydrogen (secondary N) is 2. The second-order valence-corrected chi connectivity index (χ2v) is 7.42. The van der Waals surface area contributed by atoms with Gasteiger partial charge in [-0.15, -0.1) is 0 Å². The molecule has 1 atom stereocenters. The molecule has 152 valence electrons. The number of nitrogens with zero attached hydrogens (tertiary/aromatic N) is 1. The number of hydrogen-bond donors (Lipinski definition) is 3. The molecule has 1 heterocycles. The van der Waals surface area contributed by atoms with Crippen LogP contribution in [-0.2, 0) is 21.7 Å². The van der Waals surface area contributed by atoms with Gasteiger partial charge in [0.05, 0.1) is 6.61 Å². The Hall–Kier alpha value is -3.71. The van der Waals surface area contributed by atoms with E-state index in [1.54, 1.807) is 31.2 Å². The number of carbonyl (C=O) groups is 3. The predicted octanol–water partition coefficient (Wildman–Crippen LogP) is 2.74. The van der Waals surface area contributed by atoms with Crippen LogP contribution in [0, 0.1) is 0 Å². The molecule has 0 saturated carbocycles. The number of aliphatic hydroxyl groups is 1. The number of rotatable bonds is 5. The molecule has 0 radical (unpaired) electrons. The molecule has 3 aromatic carbocycles. The predicted molar refractivity (Wildman–Crippen MR) is 113 cm³/mol. The minimum absolute atomic E-state index is 0.152. The second kappa shape index (κ2) is 7.61. The number of carbonyl (C=O) groups excluding carboxylic acids is 3. The lowest BCUT2D eigenvalue weighted by molar-refractivity contribution is -0.133. The van der Waals surface area contributed by atoms with Gasteiger partial charge in [-0.1, -0.05) is 48.5 Å². The van der Waals surface area contributed by atoms with E-state index in [0.29, 0.717) is 16.8 Å². The van der Waals surface area contributed by atoms with E-state index < -0.39 is 29.9 Å². The zero-order valence-corrected chi connectivity index (χ0v) is 16.4. The third kappa shape index (κ3) is 3.51. The fraction of sp³-hybridized carbons (Fsp3) is 0.174. The van der Waals surface area contributed by atoms with Crippen molar-refractivity contribution in [1.29, 1.82) is 0 Å². The van der Waals surface area contributed by atoms with Crippen LogP contribution in [-0.4, -0.2) is 34.4 Å². The van der Waals surface area contributed by atoms with Crippen LogP contribution in [0.25, 0.3) is 10.8 Å². The summed E-state index contributed by atoms with van der Waals surface area (Å²) in [5.41, 5.74) is 0.527. The van der Waals surface area contributed by atoms with Crippen molar-refractivity contribution >= 4 is 34.3 Å². The van der Waals surface area contributed by atoms with E-state index in [2.05, 4.69) is 10.6 Å². The molecule has 1 saturated heterocycles. The standard InChI is InChI=1S/C23H21N3O4/c1-23(18-10-9-16-6-2-3-7-17(16)12-18)21(29)26(22(30)25-23)13-20(28)24-19-8-4-5-15(11-19)14-27/h2-12,27H,13-14H2,1H3,(H,24,28)(H,25,30)/t23-/m0/s1. The SMILES string of the molecule is C[C@@]1(c2ccc3ccccc3c2)NC(=O)N(CC(=O)Nc2cccc(CO)c2)C1=O. The van der Waals surface area contributed by atoms with Crippen molar-refractivity contribution < 1.29 is 19.5 Å². The van der Waals surface area contributed by atoms with Crippen LogP contribution < -0.4 is 10.6 Å². The summed E-state index contributed by atoms with van der Waals surface area (Å²) < 4.78 is 0. The number of aliphatic hydroxyl groups excluding tert-OH is 1. The number of fused-ring (bicyclic) bond motifs is 1. The van der Waals surface area contributed by atoms with Crippen molar-refractivity contribution in [3.63, 3.8) is 0 Å². The van der Waals surface area contributed by atoms with Crippen molar-refractivity contribution in [1.82, 2.24) is 10.2 Å². The van der Waals surface area contributed by atoms with E-state index in [-0.39, 0.29) is 6.61 Å². The first-order valence-electron chi connectivity index (χ1n) is 9.54. The molecule has 4 amide bonds. The quantitative estimate of drug-likeness (QED) is 0.571. The smallest absolute Gasteiger partial charge is 0.325 e. The molecule has 1 aliphatic heterocycles. The monoisotopic (exact) mass is 403 g/mol. The van der Waals surface area contributed by atoms with E-state index in [1.807, 2.05) is 42.5 Å². The summed E-state index contributed by atoms with van der Waals surface area (Å²) in [6.07, 6.45) is 0. The van der Waals surface area contributed by atoms with Gasteiger partial charge in [-0.25, -0.2) is 4.79 Å². The number of amides is 4. The number of hydrogen-bond acceptors (Lipinski definition) is 4. The number of urea groups is 1. The highest BCUT2D eigenvalue weighted by molar-refractivity contribution is 6.10. The second-order valence-electron chi connectivity index (χ2n) is 7.42. The molecule has 3 aromatic rings. The molecule has 0 spiro atoms. The third-order valence-corrected chi connectivity index (χ3v) is 5.30. The summed E-state index contributed by atoms with van der Waals surface area (Å²) in [6.45, 7) is 1.08. The van der Waals surface area contributed by atoms with Crippen LogP contribution in [0.15, 0.2) is 66.7 Å². The van der Waals surface area contributed by atoms with E-state index in [4.69, 9.17) is 0 Å². The zero-order valence-electron chi connectivity index (χ0n) is 16.4. The Morgan fingerprint density at radius 2 is 1.80 bits per heavy atom. The summed E-state index contributed by atoms with van der Waals surface area (Å²) in [4.78, 5) is 38.9. The Kier molecular flexibility index (Phi) is 4.97. The van der Waals surface area contributed by atoms with E-state index in [1.165, 1.54) is 0 Å². The Labute approximate surface area is 173 Å². The van der Waals surface area contributed by atoms with Crippen LogP contribution in [0.3, 0.4) is 0 Å². The molecule has 0 aromatic heterocycles. The van der Waals surface area contributed by atoms with Gasteiger partial charge in [-0.3, -0.25) is 14.5 Å². The average molecular weight is 403 g/mol. The van der Waals surface area contributed by atoms with Gasteiger partial charge in [-0.2, -0.15) is 0 Å². The van der Waals surface area contributed by atoms with E-state index in [9.17, 15) is 19.5 Å². The van der Waals surface area contributed by atoms with Crippen molar-refractivity contribution in [2.24, 2.45) is 0 Å². The lowest BCUT2D eigenvalue weighted by Crippen LogP contribution is -2.42. The molecule has 30 heavy (non-hydrogen) atoms. The maximum Gasteiger partial charge on any atom is 0.325 e. The molecule has 7 heteroatoms. The van der Waals surface area contributed by atoms with Gasteiger partial charge in [0.1, 0.15) is 12.1 Å². The molecule has 0 aliphatic carbocycles. The summed E-state index contributed by atoms with van der Waals surface area (Å²) in [6, 6.07) is 19.4. The summed E-state index contributed by atoms with van der Waals surface area (Å²) in [5.74, 6) is -0.988. The first-order chi connectivity index (χ1) is 14.4. The molecule has 3 N–H and O–H groups in total. The molecule has 4 rings (SSSR count). The first-order valence-corrected chi connectivity index (χ1v) is 9.54. The van der Waals surface area contributed by atoms with Crippen molar-refractivity contribution in [2.45, 2.75) is 19.1 Å². The number of imide groups is 1. The zero-order chi connectivity index (χ0) is 21.3. The summed E-state index contributed by atoms with van der Waals surface area (Å²) in [5, 5.41) is 16.6. The lowest BCUT2D eigenvalue weighted by Gasteiger charge is -2.22. The maximum absolute atomic E-state index is 13.1. The van der Waals surface area contributed by atoms with Gasteiger partial charge in [0.2, 0.25) is 5.91 Å². The van der Waals surface area contributed by atoms with E-state index in [0.717, 1.165) is 15.7 Å². The van der Waals surface area contributed by atoms with Crippen molar-refractivity contribution in [2.75, 3.05) is 11.9 Å². The van der Waals surface area contributed by atoms with Gasteiger partial charge in [0.15, 0.2) is 0 Å². The van der Waals surface area contributed by atoms with Crippen LogP contribution in [0.2, 0.25) is 0 Å². The fourth-order valence-corrected chi connectivity index (χ4v) is 3.63. The topological polar surface area (TPSA) is 98.7 Å². The van der Waals surface area contributed by atoms with Crippen LogP contribution in [0.1, 0.15) is 18.1 Å². The van der Waals surface area contributed by atoms with Gasteiger partial charge < -0.3 is 15.7 Å². The third-order valence-electron chi connectivity index (χ3n) is 5.30. The molecule has 1 fully saturated rings. The highest BCUT2D eigenvalue weighted by Gasteiger charge is 2.49. The van der Waals surface area contributed by atoms with Gasteiger partial charge >= 0.3 is 6.03 Å². The normalized spacial score (nSPS) is 18.5. The highest BCUT2D eigenvalue weighted by Crippen LogP contribution is 2.31. The van der Waals surface area contributed by atoms with Crippen molar-refractivity contribution in [3.8, 4) is 0 Å². The minimum atomic E-state index is -1.25. The van der Waals surface area contributed by atoms with Crippen LogP contribution in [0.4, 0.5) is 10.5 Å². The number of anilines is 1. The maximum atomic E-state index is 13.1. The average Bonchev–Trinajstić information content (AvgIpc) is 2.97. The molecular weight excluding hydrogens is 382 g/mol. The summed E-state index contributed by atoms with van der Waals surface area (Å²) >= 11 is 0. The largest absolute Gasteiger partial charge is 0.392 e. The molecule has 7 nitrogen and oxygen atoms in total.